The molecular formula is C56H37N5. The number of hydrogen-bond acceptors (Lipinski definition) is 2. The molecule has 0 fully saturated rings. The Balaban J connectivity index is 1.14. The highest BCUT2D eigenvalue weighted by Crippen LogP contribution is 2.42. The topological polar surface area (TPSA) is 40.6 Å². The van der Waals surface area contributed by atoms with Crippen LogP contribution in [0.15, 0.2) is 224 Å². The molecule has 0 aliphatic rings. The number of pyridine rings is 1. The Hall–Kier alpha value is -8.28. The summed E-state index contributed by atoms with van der Waals surface area (Å²) in [7, 11) is 0. The minimum absolute atomic E-state index is 0.900. The average molecular weight is 780 g/mol. The van der Waals surface area contributed by atoms with Crippen molar-refractivity contribution >= 4 is 43.9 Å². The first-order valence-electron chi connectivity index (χ1n) is 20.7. The summed E-state index contributed by atoms with van der Waals surface area (Å²) >= 11 is 0. The molecule has 0 saturated carbocycles. The molecule has 0 aliphatic heterocycles. The maximum Gasteiger partial charge on any atom is 0.165 e. The van der Waals surface area contributed by atoms with Gasteiger partial charge in [-0.3, -0.25) is 9.13 Å². The summed E-state index contributed by atoms with van der Waals surface area (Å²) < 4.78 is 7.08. The normalized spacial score (nSPS) is 11.6. The Morgan fingerprint density at radius 2 is 0.787 bits per heavy atom. The summed E-state index contributed by atoms with van der Waals surface area (Å²) in [6.45, 7) is 0. The van der Waals surface area contributed by atoms with E-state index in [1.165, 1.54) is 10.8 Å². The van der Waals surface area contributed by atoms with Gasteiger partial charge in [-0.05, 0) is 77.9 Å². The molecule has 5 heteroatoms. The number of benzene rings is 8. The zero-order valence-electron chi connectivity index (χ0n) is 33.1. The molecule has 4 aromatic heterocycles. The largest absolute Gasteiger partial charge is 0.309 e. The maximum absolute atomic E-state index is 5.51. The summed E-state index contributed by atoms with van der Waals surface area (Å²) in [5, 5.41) is 3.49. The molecule has 286 valence electrons. The Bertz CT molecular complexity index is 3490. The van der Waals surface area contributed by atoms with Gasteiger partial charge in [0.05, 0.1) is 27.9 Å². The van der Waals surface area contributed by atoms with Crippen LogP contribution >= 0.6 is 0 Å². The van der Waals surface area contributed by atoms with E-state index in [-0.39, 0.29) is 0 Å². The van der Waals surface area contributed by atoms with Gasteiger partial charge in [-0.15, -0.1) is 0 Å². The minimum atomic E-state index is 0.900. The molecule has 0 radical (unpaired) electrons. The molecule has 0 bridgehead atoms. The second-order valence-electron chi connectivity index (χ2n) is 15.5. The van der Waals surface area contributed by atoms with Gasteiger partial charge in [-0.1, -0.05) is 158 Å². The van der Waals surface area contributed by atoms with Crippen LogP contribution in [0.5, 0.6) is 0 Å². The van der Waals surface area contributed by atoms with Crippen LogP contribution in [-0.2, 0) is 0 Å². The predicted octanol–water partition coefficient (Wildman–Crippen LogP) is 14.1. The van der Waals surface area contributed by atoms with Gasteiger partial charge in [0, 0.05) is 49.9 Å². The van der Waals surface area contributed by atoms with E-state index in [9.17, 15) is 0 Å². The van der Waals surface area contributed by atoms with E-state index in [2.05, 4.69) is 232 Å². The first-order valence-corrected chi connectivity index (χ1v) is 20.7. The summed E-state index contributed by atoms with van der Waals surface area (Å²) in [6, 6.07) is 79.5. The van der Waals surface area contributed by atoms with Crippen molar-refractivity contribution < 1.29 is 0 Å². The zero-order valence-corrected chi connectivity index (χ0v) is 33.1. The lowest BCUT2D eigenvalue weighted by molar-refractivity contribution is 1.10. The van der Waals surface area contributed by atoms with Gasteiger partial charge in [0.1, 0.15) is 11.3 Å². The van der Waals surface area contributed by atoms with Crippen molar-refractivity contribution in [2.24, 2.45) is 0 Å². The fourth-order valence-electron chi connectivity index (χ4n) is 9.06. The number of rotatable bonds is 7. The molecule has 0 amide bonds. The van der Waals surface area contributed by atoms with Crippen LogP contribution in [-0.4, -0.2) is 23.7 Å². The Labute approximate surface area is 352 Å². The van der Waals surface area contributed by atoms with Gasteiger partial charge in [-0.25, -0.2) is 9.97 Å². The number of nitrogens with zero attached hydrogens (tertiary/aromatic N) is 5. The highest BCUT2D eigenvalue weighted by atomic mass is 15.2. The molecule has 0 N–H and O–H groups in total. The van der Waals surface area contributed by atoms with Crippen LogP contribution in [0.25, 0.3) is 106 Å². The van der Waals surface area contributed by atoms with Crippen molar-refractivity contribution in [2.45, 2.75) is 0 Å². The smallest absolute Gasteiger partial charge is 0.165 e. The van der Waals surface area contributed by atoms with Crippen molar-refractivity contribution in [3.05, 3.63) is 224 Å². The lowest BCUT2D eigenvalue weighted by Crippen LogP contribution is -1.98. The third-order valence-electron chi connectivity index (χ3n) is 11.8. The second kappa shape index (κ2) is 14.2. The number of fused-ring (bicyclic) bond motifs is 6. The Kier molecular flexibility index (Phi) is 8.10. The minimum Gasteiger partial charge on any atom is -0.309 e. The van der Waals surface area contributed by atoms with Gasteiger partial charge >= 0.3 is 0 Å². The van der Waals surface area contributed by atoms with Gasteiger partial charge in [0.2, 0.25) is 0 Å². The van der Waals surface area contributed by atoms with Crippen LogP contribution in [0.1, 0.15) is 0 Å². The van der Waals surface area contributed by atoms with Gasteiger partial charge in [-0.2, -0.15) is 0 Å². The van der Waals surface area contributed by atoms with E-state index < -0.39 is 0 Å². The van der Waals surface area contributed by atoms with Crippen molar-refractivity contribution in [3.8, 4) is 62.1 Å². The summed E-state index contributed by atoms with van der Waals surface area (Å²) in [5.74, 6) is 0.900. The van der Waals surface area contributed by atoms with Crippen LogP contribution in [0.4, 0.5) is 0 Å². The first-order chi connectivity index (χ1) is 30.3. The fraction of sp³-hybridized carbons (Fsp3) is 0. The average Bonchev–Trinajstić information content (AvgIpc) is 3.99. The lowest BCUT2D eigenvalue weighted by Gasteiger charge is -2.13. The lowest BCUT2D eigenvalue weighted by atomic mass is 10.00. The van der Waals surface area contributed by atoms with E-state index in [1.807, 2.05) is 6.07 Å². The van der Waals surface area contributed by atoms with Crippen molar-refractivity contribution in [1.29, 1.82) is 0 Å². The van der Waals surface area contributed by atoms with E-state index in [4.69, 9.17) is 9.97 Å². The molecule has 12 aromatic rings. The SMILES string of the molecule is c1ccc(-c2cc(-c3ccccc3)nc(-c3cccc(-n4c5ccccc5c5cc6c(cc54)c4c(nc(-c5ccccc5)n4-c4ccccc4)n6-c4ccccc4)c3)c2)cc1. The molecule has 0 atom stereocenters. The fourth-order valence-corrected chi connectivity index (χ4v) is 9.06. The molecule has 0 saturated heterocycles. The summed E-state index contributed by atoms with van der Waals surface area (Å²) in [4.78, 5) is 10.8. The van der Waals surface area contributed by atoms with Crippen LogP contribution < -0.4 is 0 Å². The van der Waals surface area contributed by atoms with Crippen molar-refractivity contribution in [2.75, 3.05) is 0 Å². The maximum atomic E-state index is 5.51. The zero-order chi connectivity index (χ0) is 40.3. The van der Waals surface area contributed by atoms with E-state index in [0.717, 1.165) is 95.2 Å². The van der Waals surface area contributed by atoms with Crippen molar-refractivity contribution in [1.82, 2.24) is 23.7 Å². The molecule has 4 heterocycles. The highest BCUT2D eigenvalue weighted by Gasteiger charge is 2.25. The van der Waals surface area contributed by atoms with Crippen molar-refractivity contribution in [3.63, 3.8) is 0 Å². The van der Waals surface area contributed by atoms with Crippen LogP contribution in [0.2, 0.25) is 0 Å². The third kappa shape index (κ3) is 5.78. The molecule has 0 aliphatic carbocycles. The van der Waals surface area contributed by atoms with E-state index in [0.29, 0.717) is 0 Å². The third-order valence-corrected chi connectivity index (χ3v) is 11.8. The molecule has 61 heavy (non-hydrogen) atoms. The monoisotopic (exact) mass is 779 g/mol. The summed E-state index contributed by atoms with van der Waals surface area (Å²) in [5.41, 5.74) is 15.9. The Morgan fingerprint density at radius 3 is 1.48 bits per heavy atom. The molecule has 0 unspecified atom stereocenters. The number of aromatic nitrogens is 5. The van der Waals surface area contributed by atoms with Gasteiger partial charge in [0.15, 0.2) is 5.65 Å². The van der Waals surface area contributed by atoms with Crippen LogP contribution in [0, 0.1) is 0 Å². The number of imidazole rings is 1. The quantitative estimate of drug-likeness (QED) is 0.162. The summed E-state index contributed by atoms with van der Waals surface area (Å²) in [6.07, 6.45) is 0. The van der Waals surface area contributed by atoms with E-state index >= 15 is 0 Å². The van der Waals surface area contributed by atoms with Gasteiger partial charge < -0.3 is 4.57 Å². The second-order valence-corrected chi connectivity index (χ2v) is 15.5. The standard InChI is InChI=1S/C56H37N5/c1-6-19-38(20-7-1)42-34-49(39-21-8-2-9-22-39)57-50(35-42)41-25-18-30-45(33-41)59-51-32-17-16-31-46(51)47-36-53-48(37-52(47)59)54-56(60(53)43-26-12-4-13-27-43)58-55(40-23-10-3-11-24-40)61(54)44-28-14-5-15-29-44/h1-37H. The predicted molar refractivity (Wildman–Crippen MR) is 252 cm³/mol. The highest BCUT2D eigenvalue weighted by molar-refractivity contribution is 6.18. The van der Waals surface area contributed by atoms with Crippen LogP contribution in [0.3, 0.4) is 0 Å². The number of para-hydroxylation sites is 3. The number of hydrogen-bond donors (Lipinski definition) is 0. The molecule has 8 aromatic carbocycles. The van der Waals surface area contributed by atoms with E-state index in [1.54, 1.807) is 0 Å². The first kappa shape index (κ1) is 34.7. The molecule has 12 rings (SSSR count). The molecule has 0 spiro atoms. The molecular weight excluding hydrogens is 743 g/mol. The molecule has 5 nitrogen and oxygen atoms in total. The Morgan fingerprint density at radius 1 is 0.279 bits per heavy atom. The van der Waals surface area contributed by atoms with Gasteiger partial charge in [0.25, 0.3) is 0 Å².